The van der Waals surface area contributed by atoms with Gasteiger partial charge in [-0.25, -0.2) is 4.39 Å². The number of thioether (sulfide) groups is 1. The highest BCUT2D eigenvalue weighted by atomic mass is 32.2. The molecule has 4 heteroatoms. The second-order valence-electron chi connectivity index (χ2n) is 5.71. The van der Waals surface area contributed by atoms with E-state index >= 15 is 0 Å². The Bertz CT molecular complexity index is 434. The summed E-state index contributed by atoms with van der Waals surface area (Å²) in [6.45, 7) is 2.96. The van der Waals surface area contributed by atoms with E-state index in [0.717, 1.165) is 30.0 Å². The second kappa shape index (κ2) is 7.32. The first-order valence-electron chi connectivity index (χ1n) is 7.34. The minimum absolute atomic E-state index is 0.140. The molecule has 0 saturated heterocycles. The maximum absolute atomic E-state index is 13.8. The molecule has 1 aromatic rings. The normalized spacial score (nSPS) is 16.2. The summed E-state index contributed by atoms with van der Waals surface area (Å²) in [5, 5.41) is 3.44. The molecule has 0 heterocycles. The summed E-state index contributed by atoms with van der Waals surface area (Å²) in [6.07, 6.45) is 5.75. The standard InChI is InChI=1S/C16H25FN2S/c1-12(6-7-20-3)19(2)16-9-13(8-14(17)10-16)11-18-15-4-5-15/h8-10,12,15,18H,4-7,11H2,1-3H3. The molecule has 0 aromatic heterocycles. The van der Waals surface area contributed by atoms with Gasteiger partial charge in [0.05, 0.1) is 0 Å². The molecule has 1 aromatic carbocycles. The van der Waals surface area contributed by atoms with Crippen molar-refractivity contribution in [2.24, 2.45) is 0 Å². The fourth-order valence-electron chi connectivity index (χ4n) is 2.23. The third-order valence-electron chi connectivity index (χ3n) is 3.92. The van der Waals surface area contributed by atoms with Crippen molar-refractivity contribution in [3.63, 3.8) is 0 Å². The Hall–Kier alpha value is -0.740. The van der Waals surface area contributed by atoms with Gasteiger partial charge < -0.3 is 10.2 Å². The largest absolute Gasteiger partial charge is 0.372 e. The fourth-order valence-corrected chi connectivity index (χ4v) is 2.80. The SMILES string of the molecule is CSCCC(C)N(C)c1cc(F)cc(CNC2CC2)c1. The molecule has 1 aliphatic carbocycles. The number of hydrogen-bond acceptors (Lipinski definition) is 3. The summed E-state index contributed by atoms with van der Waals surface area (Å²) >= 11 is 1.86. The maximum atomic E-state index is 13.8. The van der Waals surface area contributed by atoms with Crippen LogP contribution in [0.15, 0.2) is 18.2 Å². The molecule has 1 saturated carbocycles. The molecule has 2 rings (SSSR count). The van der Waals surface area contributed by atoms with Crippen LogP contribution in [0.4, 0.5) is 10.1 Å². The van der Waals surface area contributed by atoms with Crippen molar-refractivity contribution in [1.82, 2.24) is 5.32 Å². The van der Waals surface area contributed by atoms with Gasteiger partial charge in [-0.15, -0.1) is 0 Å². The quantitative estimate of drug-likeness (QED) is 0.788. The van der Waals surface area contributed by atoms with E-state index in [-0.39, 0.29) is 5.82 Å². The highest BCUT2D eigenvalue weighted by Gasteiger charge is 2.20. The van der Waals surface area contributed by atoms with Gasteiger partial charge in [0.25, 0.3) is 0 Å². The van der Waals surface area contributed by atoms with Crippen LogP contribution >= 0.6 is 11.8 Å². The number of hydrogen-bond donors (Lipinski definition) is 1. The lowest BCUT2D eigenvalue weighted by Gasteiger charge is -2.27. The molecule has 0 spiro atoms. The van der Waals surface area contributed by atoms with Crippen molar-refractivity contribution >= 4 is 17.4 Å². The van der Waals surface area contributed by atoms with Gasteiger partial charge in [0.1, 0.15) is 5.82 Å². The smallest absolute Gasteiger partial charge is 0.125 e. The van der Waals surface area contributed by atoms with E-state index in [1.807, 2.05) is 11.8 Å². The third-order valence-corrected chi connectivity index (χ3v) is 4.57. The summed E-state index contributed by atoms with van der Waals surface area (Å²) in [7, 11) is 2.05. The topological polar surface area (TPSA) is 15.3 Å². The van der Waals surface area contributed by atoms with Crippen molar-refractivity contribution in [2.75, 3.05) is 24.0 Å². The first kappa shape index (κ1) is 15.6. The highest BCUT2D eigenvalue weighted by molar-refractivity contribution is 7.98. The Balaban J connectivity index is 2.01. The van der Waals surface area contributed by atoms with Crippen LogP contribution in [0.5, 0.6) is 0 Å². The van der Waals surface area contributed by atoms with Crippen LogP contribution in [-0.4, -0.2) is 31.1 Å². The Labute approximate surface area is 126 Å². The number of nitrogens with zero attached hydrogens (tertiary/aromatic N) is 1. The first-order valence-corrected chi connectivity index (χ1v) is 8.74. The van der Waals surface area contributed by atoms with Crippen LogP contribution in [-0.2, 0) is 6.54 Å². The average Bonchev–Trinajstić information content (AvgIpc) is 3.25. The molecule has 112 valence electrons. The molecule has 0 amide bonds. The summed E-state index contributed by atoms with van der Waals surface area (Å²) in [5.41, 5.74) is 2.02. The van der Waals surface area contributed by atoms with Gasteiger partial charge in [-0.3, -0.25) is 0 Å². The van der Waals surface area contributed by atoms with Crippen LogP contribution in [0.1, 0.15) is 31.7 Å². The van der Waals surface area contributed by atoms with Crippen LogP contribution < -0.4 is 10.2 Å². The molecular formula is C16H25FN2S. The molecule has 1 N–H and O–H groups in total. The molecule has 1 aliphatic rings. The van der Waals surface area contributed by atoms with Crippen molar-refractivity contribution in [3.05, 3.63) is 29.6 Å². The molecule has 0 radical (unpaired) electrons. The Morgan fingerprint density at radius 1 is 1.40 bits per heavy atom. The third kappa shape index (κ3) is 4.67. The summed E-state index contributed by atoms with van der Waals surface area (Å²) in [5.74, 6) is 0.996. The Kier molecular flexibility index (Phi) is 5.73. The zero-order valence-electron chi connectivity index (χ0n) is 12.7. The van der Waals surface area contributed by atoms with E-state index in [1.54, 1.807) is 12.1 Å². The average molecular weight is 296 g/mol. The molecule has 1 atom stereocenters. The molecule has 2 nitrogen and oxygen atoms in total. The van der Waals surface area contributed by atoms with Gasteiger partial charge >= 0.3 is 0 Å². The first-order chi connectivity index (χ1) is 9.60. The molecule has 0 aliphatic heterocycles. The van der Waals surface area contributed by atoms with E-state index in [9.17, 15) is 4.39 Å². The van der Waals surface area contributed by atoms with E-state index in [0.29, 0.717) is 12.1 Å². The van der Waals surface area contributed by atoms with Crippen molar-refractivity contribution in [3.8, 4) is 0 Å². The van der Waals surface area contributed by atoms with Crippen molar-refractivity contribution in [1.29, 1.82) is 0 Å². The lowest BCUT2D eigenvalue weighted by atomic mass is 10.1. The van der Waals surface area contributed by atoms with E-state index in [4.69, 9.17) is 0 Å². The van der Waals surface area contributed by atoms with Crippen molar-refractivity contribution in [2.45, 2.75) is 44.8 Å². The zero-order valence-corrected chi connectivity index (χ0v) is 13.5. The van der Waals surface area contributed by atoms with Crippen molar-refractivity contribution < 1.29 is 4.39 Å². The van der Waals surface area contributed by atoms with E-state index in [1.165, 1.54) is 12.8 Å². The maximum Gasteiger partial charge on any atom is 0.125 e. The van der Waals surface area contributed by atoms with Crippen LogP contribution in [0.25, 0.3) is 0 Å². The van der Waals surface area contributed by atoms with Crippen LogP contribution in [0.2, 0.25) is 0 Å². The van der Waals surface area contributed by atoms with Gasteiger partial charge in [0, 0.05) is 31.4 Å². The second-order valence-corrected chi connectivity index (χ2v) is 6.70. The fraction of sp³-hybridized carbons (Fsp3) is 0.625. The summed E-state index contributed by atoms with van der Waals surface area (Å²) < 4.78 is 13.8. The van der Waals surface area contributed by atoms with Gasteiger partial charge in [-0.2, -0.15) is 11.8 Å². The van der Waals surface area contributed by atoms with Crippen LogP contribution in [0, 0.1) is 5.82 Å². The summed E-state index contributed by atoms with van der Waals surface area (Å²) in [4.78, 5) is 2.18. The minimum atomic E-state index is -0.140. The lowest BCUT2D eigenvalue weighted by molar-refractivity contribution is 0.614. The molecule has 1 fully saturated rings. The predicted octanol–water partition coefficient (Wildman–Crippen LogP) is 3.66. The number of anilines is 1. The van der Waals surface area contributed by atoms with E-state index in [2.05, 4.69) is 36.5 Å². The molecule has 0 bridgehead atoms. The molecular weight excluding hydrogens is 271 g/mol. The monoisotopic (exact) mass is 296 g/mol. The highest BCUT2D eigenvalue weighted by Crippen LogP contribution is 2.23. The van der Waals surface area contributed by atoms with Crippen LogP contribution in [0.3, 0.4) is 0 Å². The van der Waals surface area contributed by atoms with Gasteiger partial charge in [0.15, 0.2) is 0 Å². The predicted molar refractivity (Wildman–Crippen MR) is 87.1 cm³/mol. The number of benzene rings is 1. The number of nitrogens with one attached hydrogen (secondary N) is 1. The number of rotatable bonds is 8. The van der Waals surface area contributed by atoms with Gasteiger partial charge in [-0.05, 0) is 62.0 Å². The van der Waals surface area contributed by atoms with E-state index < -0.39 is 0 Å². The Morgan fingerprint density at radius 3 is 2.80 bits per heavy atom. The van der Waals surface area contributed by atoms with Gasteiger partial charge in [-0.1, -0.05) is 0 Å². The number of halogens is 1. The van der Waals surface area contributed by atoms with Gasteiger partial charge in [0.2, 0.25) is 0 Å². The minimum Gasteiger partial charge on any atom is -0.372 e. The molecule has 1 unspecified atom stereocenters. The molecule has 20 heavy (non-hydrogen) atoms. The summed E-state index contributed by atoms with van der Waals surface area (Å²) in [6, 6.07) is 6.46. The lowest BCUT2D eigenvalue weighted by Crippen LogP contribution is -2.29. The zero-order chi connectivity index (χ0) is 14.5. The Morgan fingerprint density at radius 2 is 2.15 bits per heavy atom.